The first-order chi connectivity index (χ1) is 8.43. The summed E-state index contributed by atoms with van der Waals surface area (Å²) in [5, 5.41) is 0. The molecule has 2 heterocycles. The quantitative estimate of drug-likeness (QED) is 0.813. The molecule has 1 aliphatic heterocycles. The maximum absolute atomic E-state index is 13.2. The highest BCUT2D eigenvalue weighted by atomic mass is 32.1. The molecule has 0 saturated carbocycles. The summed E-state index contributed by atoms with van der Waals surface area (Å²) in [6, 6.07) is 0.0345. The number of piperidine rings is 1. The Morgan fingerprint density at radius 3 is 2.56 bits per heavy atom. The highest BCUT2D eigenvalue weighted by molar-refractivity contribution is 7.19. The van der Waals surface area contributed by atoms with Crippen molar-refractivity contribution in [3.05, 3.63) is 10.6 Å². The largest absolute Gasteiger partial charge is 0.329 e. The van der Waals surface area contributed by atoms with E-state index in [2.05, 4.69) is 9.88 Å². The van der Waals surface area contributed by atoms with E-state index in [4.69, 9.17) is 5.73 Å². The number of halogens is 2. The molecule has 2 rings (SSSR count). The number of nitrogens with zero attached hydrogens (tertiary/aromatic N) is 2. The minimum Gasteiger partial charge on any atom is -0.329 e. The van der Waals surface area contributed by atoms with Crippen LogP contribution in [0.2, 0.25) is 0 Å². The lowest BCUT2D eigenvalue weighted by molar-refractivity contribution is -0.0625. The Hall–Kier alpha value is -0.525. The monoisotopic (exact) mass is 273 g/mol. The zero-order valence-electron chi connectivity index (χ0n) is 10.7. The fourth-order valence-electron chi connectivity index (χ4n) is 2.44. The van der Waals surface area contributed by atoms with Gasteiger partial charge in [0.1, 0.15) is 0 Å². The molecule has 7 heteroatoms. The zero-order valence-corrected chi connectivity index (χ0v) is 11.6. The second kappa shape index (κ2) is 5.23. The van der Waals surface area contributed by atoms with E-state index in [0.29, 0.717) is 19.6 Å². The third kappa shape index (κ3) is 2.89. The molecule has 18 heavy (non-hydrogen) atoms. The predicted molar refractivity (Wildman–Crippen MR) is 72.6 cm³/mol. The molecule has 0 amide bonds. The van der Waals surface area contributed by atoms with Crippen molar-refractivity contribution >= 4 is 24.1 Å². The van der Waals surface area contributed by atoms with Gasteiger partial charge < -0.3 is 5.73 Å². The molecule has 100 valence electrons. The van der Waals surface area contributed by atoms with Crippen molar-refractivity contribution in [2.75, 3.05) is 19.6 Å². The van der Waals surface area contributed by atoms with Crippen molar-refractivity contribution in [2.24, 2.45) is 5.73 Å². The molecule has 1 unspecified atom stereocenters. The number of alkyl halides is 2. The van der Waals surface area contributed by atoms with E-state index in [1.54, 1.807) is 11.3 Å². The van der Waals surface area contributed by atoms with E-state index in [1.165, 1.54) is 0 Å². The SMILES string of the molecule is Bc1nc(C)c(C(CN)N2CCC(F)(F)CC2)s1. The average Bonchev–Trinajstić information content (AvgIpc) is 2.61. The van der Waals surface area contributed by atoms with Gasteiger partial charge in [0, 0.05) is 42.3 Å². The summed E-state index contributed by atoms with van der Waals surface area (Å²) in [4.78, 5) is 8.59. The Kier molecular flexibility index (Phi) is 4.03. The number of likely N-dealkylation sites (tertiary alicyclic amines) is 1. The van der Waals surface area contributed by atoms with Crippen molar-refractivity contribution in [1.82, 2.24) is 9.88 Å². The van der Waals surface area contributed by atoms with Crippen molar-refractivity contribution in [3.8, 4) is 0 Å². The Morgan fingerprint density at radius 2 is 2.11 bits per heavy atom. The summed E-state index contributed by atoms with van der Waals surface area (Å²) in [5.74, 6) is -2.51. The zero-order chi connectivity index (χ0) is 13.3. The summed E-state index contributed by atoms with van der Waals surface area (Å²) in [5.41, 5.74) is 6.81. The summed E-state index contributed by atoms with van der Waals surface area (Å²) in [7, 11) is 1.96. The fraction of sp³-hybridized carbons (Fsp3) is 0.727. The molecule has 0 radical (unpaired) electrons. The Morgan fingerprint density at radius 1 is 1.50 bits per heavy atom. The number of thiazole rings is 1. The lowest BCUT2D eigenvalue weighted by atomic mass is 10.0. The van der Waals surface area contributed by atoms with Crippen LogP contribution in [0.25, 0.3) is 0 Å². The molecule has 0 aromatic carbocycles. The molecule has 1 aliphatic rings. The topological polar surface area (TPSA) is 42.1 Å². The van der Waals surface area contributed by atoms with Crippen LogP contribution in [-0.2, 0) is 0 Å². The third-order valence-electron chi connectivity index (χ3n) is 3.44. The van der Waals surface area contributed by atoms with Gasteiger partial charge in [-0.2, -0.15) is 0 Å². The van der Waals surface area contributed by atoms with Gasteiger partial charge in [-0.05, 0) is 6.92 Å². The molecule has 1 aromatic rings. The molecule has 2 N–H and O–H groups in total. The van der Waals surface area contributed by atoms with E-state index in [1.807, 2.05) is 14.8 Å². The molecule has 0 spiro atoms. The van der Waals surface area contributed by atoms with Crippen LogP contribution in [0.3, 0.4) is 0 Å². The van der Waals surface area contributed by atoms with Crippen LogP contribution in [0.15, 0.2) is 0 Å². The second-order valence-corrected chi connectivity index (χ2v) is 6.06. The van der Waals surface area contributed by atoms with Crippen LogP contribution in [0.4, 0.5) is 8.78 Å². The van der Waals surface area contributed by atoms with Crippen molar-refractivity contribution in [3.63, 3.8) is 0 Å². The van der Waals surface area contributed by atoms with E-state index in [9.17, 15) is 8.78 Å². The summed E-state index contributed by atoms with van der Waals surface area (Å²) in [6.07, 6.45) is -0.138. The van der Waals surface area contributed by atoms with E-state index in [-0.39, 0.29) is 18.9 Å². The smallest absolute Gasteiger partial charge is 0.250 e. The number of aromatic nitrogens is 1. The molecule has 1 fully saturated rings. The van der Waals surface area contributed by atoms with Gasteiger partial charge in [-0.15, -0.1) is 11.3 Å². The molecule has 0 bridgehead atoms. The summed E-state index contributed by atoms with van der Waals surface area (Å²) >= 11 is 1.62. The molecule has 3 nitrogen and oxygen atoms in total. The van der Waals surface area contributed by atoms with Crippen molar-refractivity contribution in [2.45, 2.75) is 31.7 Å². The standard InChI is InChI=1S/C11H18BF2N3S/c1-7-9(18-10(12)16-7)8(6-15)17-4-2-11(13,14)3-5-17/h8H,2-6,12,15H2,1H3. The normalized spacial score (nSPS) is 22.0. The second-order valence-electron chi connectivity index (χ2n) is 4.83. The van der Waals surface area contributed by atoms with Crippen LogP contribution in [0, 0.1) is 6.92 Å². The first-order valence-corrected chi connectivity index (χ1v) is 7.00. The first-order valence-electron chi connectivity index (χ1n) is 6.19. The Bertz CT molecular complexity index is 414. The number of hydrogen-bond acceptors (Lipinski definition) is 4. The van der Waals surface area contributed by atoms with Gasteiger partial charge in [-0.3, -0.25) is 9.88 Å². The van der Waals surface area contributed by atoms with Crippen molar-refractivity contribution in [1.29, 1.82) is 0 Å². The molecule has 0 aliphatic carbocycles. The first kappa shape index (κ1) is 13.9. The van der Waals surface area contributed by atoms with Gasteiger partial charge in [-0.1, -0.05) is 0 Å². The number of rotatable bonds is 3. The Balaban J connectivity index is 2.13. The van der Waals surface area contributed by atoms with Crippen LogP contribution in [0.1, 0.15) is 29.5 Å². The van der Waals surface area contributed by atoms with Gasteiger partial charge in [0.25, 0.3) is 5.92 Å². The summed E-state index contributed by atoms with van der Waals surface area (Å²) in [6.45, 7) is 3.23. The highest BCUT2D eigenvalue weighted by Gasteiger charge is 2.36. The van der Waals surface area contributed by atoms with Gasteiger partial charge >= 0.3 is 0 Å². The van der Waals surface area contributed by atoms with Crippen LogP contribution in [-0.4, -0.2) is 43.3 Å². The van der Waals surface area contributed by atoms with Gasteiger partial charge in [0.05, 0.1) is 11.7 Å². The van der Waals surface area contributed by atoms with E-state index < -0.39 is 5.92 Å². The van der Waals surface area contributed by atoms with E-state index in [0.717, 1.165) is 15.5 Å². The molecule has 1 saturated heterocycles. The maximum Gasteiger partial charge on any atom is 0.250 e. The lowest BCUT2D eigenvalue weighted by Gasteiger charge is -2.36. The molecule has 1 atom stereocenters. The maximum atomic E-state index is 13.2. The number of nitrogens with two attached hydrogens (primary N) is 1. The molecular weight excluding hydrogens is 255 g/mol. The third-order valence-corrected chi connectivity index (χ3v) is 4.61. The van der Waals surface area contributed by atoms with Crippen LogP contribution in [0.5, 0.6) is 0 Å². The average molecular weight is 273 g/mol. The predicted octanol–water partition coefficient (Wildman–Crippen LogP) is 0.441. The minimum atomic E-state index is -2.51. The molecular formula is C11H18BF2N3S. The number of aryl methyl sites for hydroxylation is 1. The van der Waals surface area contributed by atoms with Crippen molar-refractivity contribution < 1.29 is 8.78 Å². The minimum absolute atomic E-state index is 0.0345. The molecule has 1 aromatic heterocycles. The highest BCUT2D eigenvalue weighted by Crippen LogP contribution is 2.33. The van der Waals surface area contributed by atoms with Crippen LogP contribution < -0.4 is 10.6 Å². The fourth-order valence-corrected chi connectivity index (χ4v) is 3.52. The lowest BCUT2D eigenvalue weighted by Crippen LogP contribution is -2.43. The Labute approximate surface area is 111 Å². The summed E-state index contributed by atoms with van der Waals surface area (Å²) < 4.78 is 26.3. The van der Waals surface area contributed by atoms with Gasteiger partial charge in [-0.25, -0.2) is 8.78 Å². The van der Waals surface area contributed by atoms with Gasteiger partial charge in [0.15, 0.2) is 7.85 Å². The van der Waals surface area contributed by atoms with Crippen LogP contribution >= 0.6 is 11.3 Å². The van der Waals surface area contributed by atoms with Gasteiger partial charge in [0.2, 0.25) is 0 Å². The van der Waals surface area contributed by atoms with E-state index >= 15 is 0 Å². The number of hydrogen-bond donors (Lipinski definition) is 1.